The molecule has 0 heterocycles. The van der Waals surface area contributed by atoms with E-state index in [0.717, 1.165) is 0 Å². The van der Waals surface area contributed by atoms with Gasteiger partial charge in [-0.15, -0.1) is 0 Å². The Balaban J connectivity index is 2.33. The van der Waals surface area contributed by atoms with Crippen molar-refractivity contribution in [2.45, 2.75) is 6.04 Å². The van der Waals surface area contributed by atoms with Gasteiger partial charge in [0.2, 0.25) is 0 Å². The summed E-state index contributed by atoms with van der Waals surface area (Å²) in [7, 11) is 2.77. The third-order valence-electron chi connectivity index (χ3n) is 3.07. The van der Waals surface area contributed by atoms with E-state index >= 15 is 0 Å². The Labute approximate surface area is 115 Å². The summed E-state index contributed by atoms with van der Waals surface area (Å²) in [5.74, 6) is -0.729. The lowest BCUT2D eigenvalue weighted by atomic mass is 9.99. The Hall–Kier alpha value is -2.14. The van der Waals surface area contributed by atoms with E-state index in [9.17, 15) is 8.78 Å². The molecule has 0 bridgehead atoms. The molecule has 2 rings (SSSR count). The summed E-state index contributed by atoms with van der Waals surface area (Å²) >= 11 is 0. The third-order valence-corrected chi connectivity index (χ3v) is 3.07. The van der Waals surface area contributed by atoms with E-state index in [-0.39, 0.29) is 11.5 Å². The van der Waals surface area contributed by atoms with Crippen LogP contribution in [0.2, 0.25) is 0 Å². The molecule has 5 heteroatoms. The average Bonchev–Trinajstić information content (AvgIpc) is 2.46. The molecule has 2 aromatic carbocycles. The summed E-state index contributed by atoms with van der Waals surface area (Å²) in [5, 5.41) is 0. The predicted octanol–water partition coefficient (Wildman–Crippen LogP) is 3.03. The number of ether oxygens (including phenoxy) is 2. The van der Waals surface area contributed by atoms with Crippen LogP contribution < -0.4 is 15.2 Å². The second-order valence-corrected chi connectivity index (χ2v) is 4.27. The van der Waals surface area contributed by atoms with Crippen molar-refractivity contribution in [3.63, 3.8) is 0 Å². The highest BCUT2D eigenvalue weighted by atomic mass is 19.1. The van der Waals surface area contributed by atoms with Crippen LogP contribution in [-0.2, 0) is 0 Å². The Morgan fingerprint density at radius 2 is 1.25 bits per heavy atom. The first-order valence-electron chi connectivity index (χ1n) is 5.99. The van der Waals surface area contributed by atoms with E-state index in [1.807, 2.05) is 0 Å². The van der Waals surface area contributed by atoms with Crippen LogP contribution in [0.4, 0.5) is 8.78 Å². The van der Waals surface area contributed by atoms with E-state index in [4.69, 9.17) is 15.2 Å². The number of nitrogens with two attached hydrogens (primary N) is 1. The Kier molecular flexibility index (Phi) is 4.20. The molecule has 0 spiro atoms. The van der Waals surface area contributed by atoms with Gasteiger partial charge in [0.1, 0.15) is 0 Å². The summed E-state index contributed by atoms with van der Waals surface area (Å²) in [5.41, 5.74) is 7.09. The maximum Gasteiger partial charge on any atom is 0.165 e. The van der Waals surface area contributed by atoms with Crippen molar-refractivity contribution >= 4 is 0 Å². The number of methoxy groups -OCH3 is 2. The molecule has 0 fully saturated rings. The number of rotatable bonds is 4. The van der Waals surface area contributed by atoms with Crippen LogP contribution in [0.1, 0.15) is 17.2 Å². The van der Waals surface area contributed by atoms with Crippen LogP contribution in [-0.4, -0.2) is 14.2 Å². The van der Waals surface area contributed by atoms with Crippen molar-refractivity contribution in [1.29, 1.82) is 0 Å². The fraction of sp³-hybridized carbons (Fsp3) is 0.200. The quantitative estimate of drug-likeness (QED) is 0.935. The summed E-state index contributed by atoms with van der Waals surface area (Å²) in [4.78, 5) is 0. The van der Waals surface area contributed by atoms with Crippen LogP contribution in [0.3, 0.4) is 0 Å². The molecule has 106 valence electrons. The molecule has 0 radical (unpaired) electrons. The largest absolute Gasteiger partial charge is 0.494 e. The van der Waals surface area contributed by atoms with Crippen LogP contribution in [0.25, 0.3) is 0 Å². The molecule has 0 aliphatic heterocycles. The smallest absolute Gasteiger partial charge is 0.165 e. The van der Waals surface area contributed by atoms with Gasteiger partial charge in [-0.1, -0.05) is 12.1 Å². The van der Waals surface area contributed by atoms with Gasteiger partial charge in [0.15, 0.2) is 23.1 Å². The van der Waals surface area contributed by atoms with Crippen LogP contribution in [0, 0.1) is 11.6 Å². The summed E-state index contributed by atoms with van der Waals surface area (Å²) in [6.45, 7) is 0. The van der Waals surface area contributed by atoms with E-state index in [2.05, 4.69) is 0 Å². The van der Waals surface area contributed by atoms with E-state index < -0.39 is 17.7 Å². The van der Waals surface area contributed by atoms with E-state index in [0.29, 0.717) is 11.1 Å². The number of benzene rings is 2. The molecule has 0 amide bonds. The SMILES string of the molecule is COc1ccc(C(N)c2ccc(OC)c(F)c2)cc1F. The lowest BCUT2D eigenvalue weighted by Gasteiger charge is -2.14. The first-order valence-corrected chi connectivity index (χ1v) is 5.99. The van der Waals surface area contributed by atoms with Gasteiger partial charge in [0.25, 0.3) is 0 Å². The highest BCUT2D eigenvalue weighted by Crippen LogP contribution is 2.27. The predicted molar refractivity (Wildman–Crippen MR) is 71.9 cm³/mol. The highest BCUT2D eigenvalue weighted by molar-refractivity contribution is 5.38. The minimum Gasteiger partial charge on any atom is -0.494 e. The third kappa shape index (κ3) is 2.72. The van der Waals surface area contributed by atoms with Gasteiger partial charge in [-0.05, 0) is 35.4 Å². The summed E-state index contributed by atoms with van der Waals surface area (Å²) in [6.07, 6.45) is 0. The zero-order valence-corrected chi connectivity index (χ0v) is 11.2. The van der Waals surface area contributed by atoms with Gasteiger partial charge in [-0.2, -0.15) is 0 Å². The Morgan fingerprint density at radius 3 is 1.55 bits per heavy atom. The standard InChI is InChI=1S/C15H15F2NO2/c1-19-13-5-3-9(7-11(13)16)15(18)10-4-6-14(20-2)12(17)8-10/h3-8,15H,18H2,1-2H3. The molecule has 2 N–H and O–H groups in total. The first-order chi connectivity index (χ1) is 9.56. The maximum atomic E-state index is 13.6. The molecule has 20 heavy (non-hydrogen) atoms. The van der Waals surface area contributed by atoms with Crippen molar-refractivity contribution in [2.24, 2.45) is 5.73 Å². The van der Waals surface area contributed by atoms with Crippen molar-refractivity contribution in [3.8, 4) is 11.5 Å². The lowest BCUT2D eigenvalue weighted by molar-refractivity contribution is 0.385. The highest BCUT2D eigenvalue weighted by Gasteiger charge is 2.14. The minimum atomic E-state index is -0.629. The Bertz CT molecular complexity index is 563. The van der Waals surface area contributed by atoms with Crippen molar-refractivity contribution < 1.29 is 18.3 Å². The first kappa shape index (κ1) is 14.3. The second-order valence-electron chi connectivity index (χ2n) is 4.27. The van der Waals surface area contributed by atoms with Crippen molar-refractivity contribution in [1.82, 2.24) is 0 Å². The van der Waals surface area contributed by atoms with Crippen molar-refractivity contribution in [2.75, 3.05) is 14.2 Å². The molecule has 0 aromatic heterocycles. The van der Waals surface area contributed by atoms with Gasteiger partial charge in [-0.25, -0.2) is 8.78 Å². The van der Waals surface area contributed by atoms with Gasteiger partial charge < -0.3 is 15.2 Å². The summed E-state index contributed by atoms with van der Waals surface area (Å²) < 4.78 is 37.0. The average molecular weight is 279 g/mol. The van der Waals surface area contributed by atoms with Crippen LogP contribution in [0.5, 0.6) is 11.5 Å². The molecule has 0 atom stereocenters. The maximum absolute atomic E-state index is 13.6. The number of hydrogen-bond donors (Lipinski definition) is 1. The Morgan fingerprint density at radius 1 is 0.850 bits per heavy atom. The topological polar surface area (TPSA) is 44.5 Å². The van der Waals surface area contributed by atoms with Crippen LogP contribution in [0.15, 0.2) is 36.4 Å². The van der Waals surface area contributed by atoms with Crippen LogP contribution >= 0.6 is 0 Å². The molecule has 0 saturated carbocycles. The lowest BCUT2D eigenvalue weighted by Crippen LogP contribution is -2.12. The number of halogens is 2. The van der Waals surface area contributed by atoms with Gasteiger partial charge >= 0.3 is 0 Å². The zero-order chi connectivity index (χ0) is 14.7. The monoisotopic (exact) mass is 279 g/mol. The summed E-state index contributed by atoms with van der Waals surface area (Å²) in [6, 6.07) is 8.21. The zero-order valence-electron chi connectivity index (χ0n) is 11.2. The molecular weight excluding hydrogens is 264 g/mol. The molecule has 3 nitrogen and oxygen atoms in total. The van der Waals surface area contributed by atoms with Gasteiger partial charge in [0.05, 0.1) is 20.3 Å². The van der Waals surface area contributed by atoms with Crippen molar-refractivity contribution in [3.05, 3.63) is 59.2 Å². The molecular formula is C15H15F2NO2. The fourth-order valence-electron chi connectivity index (χ4n) is 1.94. The normalized spacial score (nSPS) is 10.7. The number of hydrogen-bond acceptors (Lipinski definition) is 3. The van der Waals surface area contributed by atoms with Gasteiger partial charge in [0, 0.05) is 0 Å². The molecule has 0 unspecified atom stereocenters. The molecule has 0 aliphatic rings. The molecule has 0 saturated heterocycles. The van der Waals surface area contributed by atoms with E-state index in [1.54, 1.807) is 12.1 Å². The van der Waals surface area contributed by atoms with E-state index in [1.165, 1.54) is 38.5 Å². The second kappa shape index (κ2) is 5.88. The van der Waals surface area contributed by atoms with Gasteiger partial charge in [-0.3, -0.25) is 0 Å². The minimum absolute atomic E-state index is 0.141. The molecule has 2 aromatic rings. The molecule has 0 aliphatic carbocycles. The fourth-order valence-corrected chi connectivity index (χ4v) is 1.94.